The molecule has 2 aliphatic carbocycles. The van der Waals surface area contributed by atoms with Crippen LogP contribution in [0.25, 0.3) is 0 Å². The zero-order chi connectivity index (χ0) is 17.3. The molecule has 2 aromatic carbocycles. The zero-order valence-electron chi connectivity index (χ0n) is 15.3. The Hall–Kier alpha value is -2.09. The van der Waals surface area contributed by atoms with Crippen molar-refractivity contribution < 1.29 is 4.74 Å². The van der Waals surface area contributed by atoms with E-state index >= 15 is 0 Å². The molecule has 0 radical (unpaired) electrons. The summed E-state index contributed by atoms with van der Waals surface area (Å²) in [5.41, 5.74) is 5.84. The number of rotatable bonds is 4. The van der Waals surface area contributed by atoms with Crippen LogP contribution in [-0.4, -0.2) is 19.4 Å². The van der Waals surface area contributed by atoms with Crippen LogP contribution in [0.5, 0.6) is 5.75 Å². The standard InChI is InChI=1S/C23H27NO/c1-23-13-6-9-19(15-18-10-11-20(25-2)16-21(18)23)22(23)24-14-12-17-7-4-3-5-8-17/h3-5,7-8,10-11,16,19H,6,9,12-15H2,1-2H3/t19?,23-/m1/s1. The molecule has 2 aliphatic rings. The van der Waals surface area contributed by atoms with Crippen molar-refractivity contribution in [1.29, 1.82) is 0 Å². The lowest BCUT2D eigenvalue weighted by molar-refractivity contribution is 0.384. The summed E-state index contributed by atoms with van der Waals surface area (Å²) < 4.78 is 5.50. The van der Waals surface area contributed by atoms with Crippen LogP contribution in [0.4, 0.5) is 0 Å². The van der Waals surface area contributed by atoms with E-state index in [2.05, 4.69) is 55.5 Å². The van der Waals surface area contributed by atoms with E-state index in [0.29, 0.717) is 5.92 Å². The highest BCUT2D eigenvalue weighted by atomic mass is 16.5. The molecule has 2 bridgehead atoms. The number of benzene rings is 2. The lowest BCUT2D eigenvalue weighted by atomic mass is 9.59. The van der Waals surface area contributed by atoms with Gasteiger partial charge in [0.05, 0.1) is 7.11 Å². The Balaban J connectivity index is 1.64. The first-order chi connectivity index (χ1) is 12.2. The molecule has 130 valence electrons. The second-order valence-electron chi connectivity index (χ2n) is 7.65. The van der Waals surface area contributed by atoms with Crippen LogP contribution >= 0.6 is 0 Å². The first-order valence-corrected chi connectivity index (χ1v) is 9.47. The fourth-order valence-corrected chi connectivity index (χ4v) is 4.78. The van der Waals surface area contributed by atoms with E-state index in [1.165, 1.54) is 41.7 Å². The van der Waals surface area contributed by atoms with Gasteiger partial charge in [-0.3, -0.25) is 4.99 Å². The number of hydrogen-bond acceptors (Lipinski definition) is 2. The van der Waals surface area contributed by atoms with Crippen molar-refractivity contribution in [2.75, 3.05) is 13.7 Å². The van der Waals surface area contributed by atoms with Gasteiger partial charge < -0.3 is 4.74 Å². The fourth-order valence-electron chi connectivity index (χ4n) is 4.78. The number of aliphatic imine (C=N–C) groups is 1. The molecule has 0 N–H and O–H groups in total. The number of ether oxygens (including phenoxy) is 1. The number of fused-ring (bicyclic) bond motifs is 4. The van der Waals surface area contributed by atoms with Crippen molar-refractivity contribution in [3.8, 4) is 5.75 Å². The normalized spacial score (nSPS) is 26.3. The molecule has 0 amide bonds. The number of nitrogens with zero attached hydrogens (tertiary/aromatic N) is 1. The van der Waals surface area contributed by atoms with Crippen LogP contribution in [0.3, 0.4) is 0 Å². The molecule has 0 spiro atoms. The average molecular weight is 333 g/mol. The Morgan fingerprint density at radius 3 is 2.80 bits per heavy atom. The van der Waals surface area contributed by atoms with Gasteiger partial charge in [0.2, 0.25) is 0 Å². The van der Waals surface area contributed by atoms with Crippen LogP contribution in [0.1, 0.15) is 42.9 Å². The number of methoxy groups -OCH3 is 1. The lowest BCUT2D eigenvalue weighted by Gasteiger charge is -2.46. The van der Waals surface area contributed by atoms with E-state index in [1.54, 1.807) is 7.11 Å². The van der Waals surface area contributed by atoms with E-state index in [0.717, 1.165) is 25.1 Å². The van der Waals surface area contributed by atoms with Crippen molar-refractivity contribution in [2.45, 2.75) is 44.4 Å². The Morgan fingerprint density at radius 2 is 2.00 bits per heavy atom. The smallest absolute Gasteiger partial charge is 0.119 e. The van der Waals surface area contributed by atoms with E-state index in [1.807, 2.05) is 0 Å². The third-order valence-corrected chi connectivity index (χ3v) is 6.08. The van der Waals surface area contributed by atoms with E-state index in [4.69, 9.17) is 9.73 Å². The quantitative estimate of drug-likeness (QED) is 0.772. The van der Waals surface area contributed by atoms with Crippen LogP contribution in [0.15, 0.2) is 53.5 Å². The summed E-state index contributed by atoms with van der Waals surface area (Å²) in [6.45, 7) is 3.29. The fraction of sp³-hybridized carbons (Fsp3) is 0.435. The van der Waals surface area contributed by atoms with Crippen LogP contribution < -0.4 is 4.74 Å². The molecule has 1 saturated carbocycles. The second-order valence-corrected chi connectivity index (χ2v) is 7.65. The molecule has 2 heteroatoms. The highest BCUT2D eigenvalue weighted by molar-refractivity contribution is 5.99. The molecule has 0 saturated heterocycles. The van der Waals surface area contributed by atoms with Crippen LogP contribution in [0, 0.1) is 5.92 Å². The molecular weight excluding hydrogens is 306 g/mol. The monoisotopic (exact) mass is 333 g/mol. The summed E-state index contributed by atoms with van der Waals surface area (Å²) in [5, 5.41) is 0. The maximum Gasteiger partial charge on any atom is 0.119 e. The molecule has 2 nitrogen and oxygen atoms in total. The minimum absolute atomic E-state index is 0.0850. The summed E-state index contributed by atoms with van der Waals surface area (Å²) in [6, 6.07) is 17.3. The molecule has 1 fully saturated rings. The molecule has 4 rings (SSSR count). The zero-order valence-corrected chi connectivity index (χ0v) is 15.3. The first-order valence-electron chi connectivity index (χ1n) is 9.47. The Morgan fingerprint density at radius 1 is 1.16 bits per heavy atom. The van der Waals surface area contributed by atoms with Gasteiger partial charge in [-0.25, -0.2) is 0 Å². The van der Waals surface area contributed by atoms with Crippen molar-refractivity contribution in [1.82, 2.24) is 0 Å². The maximum atomic E-state index is 5.50. The van der Waals surface area contributed by atoms with Gasteiger partial charge in [-0.2, -0.15) is 0 Å². The summed E-state index contributed by atoms with van der Waals surface area (Å²) >= 11 is 0. The highest BCUT2D eigenvalue weighted by Crippen LogP contribution is 2.47. The van der Waals surface area contributed by atoms with Gasteiger partial charge in [0.1, 0.15) is 5.75 Å². The van der Waals surface area contributed by atoms with Gasteiger partial charge >= 0.3 is 0 Å². The number of hydrogen-bond donors (Lipinski definition) is 0. The summed E-state index contributed by atoms with van der Waals surface area (Å²) in [6.07, 6.45) is 5.95. The van der Waals surface area contributed by atoms with Gasteiger partial charge in [-0.05, 0) is 54.5 Å². The molecule has 1 unspecified atom stereocenters. The minimum Gasteiger partial charge on any atom is -0.497 e. The molecule has 0 aliphatic heterocycles. The summed E-state index contributed by atoms with van der Waals surface area (Å²) in [7, 11) is 1.76. The highest BCUT2D eigenvalue weighted by Gasteiger charge is 2.44. The van der Waals surface area contributed by atoms with Crippen molar-refractivity contribution >= 4 is 5.71 Å². The Kier molecular flexibility index (Phi) is 4.37. The summed E-state index contributed by atoms with van der Waals surface area (Å²) in [4.78, 5) is 5.16. The Labute approximate surface area is 151 Å². The minimum atomic E-state index is 0.0850. The molecule has 0 aromatic heterocycles. The molecule has 2 atom stereocenters. The van der Waals surface area contributed by atoms with E-state index < -0.39 is 0 Å². The van der Waals surface area contributed by atoms with Crippen LogP contribution in [-0.2, 0) is 18.3 Å². The SMILES string of the molecule is COc1ccc2c(c1)[C@@]1(C)CCCC(C2)C1=NCCc1ccccc1. The maximum absolute atomic E-state index is 5.50. The van der Waals surface area contributed by atoms with Gasteiger partial charge in [0, 0.05) is 23.6 Å². The van der Waals surface area contributed by atoms with Gasteiger partial charge in [0.15, 0.2) is 0 Å². The van der Waals surface area contributed by atoms with Gasteiger partial charge in [0.25, 0.3) is 0 Å². The molecule has 25 heavy (non-hydrogen) atoms. The van der Waals surface area contributed by atoms with Crippen molar-refractivity contribution in [2.24, 2.45) is 10.9 Å². The van der Waals surface area contributed by atoms with E-state index in [9.17, 15) is 0 Å². The predicted octanol–water partition coefficient (Wildman–Crippen LogP) is 4.99. The molecule has 2 aromatic rings. The third-order valence-electron chi connectivity index (χ3n) is 6.08. The molecule has 0 heterocycles. The van der Waals surface area contributed by atoms with Crippen LogP contribution in [0.2, 0.25) is 0 Å². The average Bonchev–Trinajstić information content (AvgIpc) is 2.64. The molecular formula is C23H27NO. The predicted molar refractivity (Wildman–Crippen MR) is 104 cm³/mol. The summed E-state index contributed by atoms with van der Waals surface area (Å²) in [5.74, 6) is 1.59. The van der Waals surface area contributed by atoms with Crippen molar-refractivity contribution in [3.05, 3.63) is 65.2 Å². The lowest BCUT2D eigenvalue weighted by Crippen LogP contribution is -2.46. The third kappa shape index (κ3) is 2.99. The Bertz CT molecular complexity index is 780. The topological polar surface area (TPSA) is 21.6 Å². The second kappa shape index (κ2) is 6.67. The first kappa shape index (κ1) is 16.4. The van der Waals surface area contributed by atoms with Gasteiger partial charge in [-0.15, -0.1) is 0 Å². The largest absolute Gasteiger partial charge is 0.497 e. The van der Waals surface area contributed by atoms with Crippen molar-refractivity contribution in [3.63, 3.8) is 0 Å². The van der Waals surface area contributed by atoms with Gasteiger partial charge in [-0.1, -0.05) is 49.7 Å². The van der Waals surface area contributed by atoms with E-state index in [-0.39, 0.29) is 5.41 Å².